The van der Waals surface area contributed by atoms with Crippen LogP contribution in [0.5, 0.6) is 11.5 Å². The van der Waals surface area contributed by atoms with Gasteiger partial charge >= 0.3 is 0 Å². The number of carbonyl (C=O) groups excluding carboxylic acids is 1. The molecule has 1 heterocycles. The van der Waals surface area contributed by atoms with Crippen LogP contribution in [0.25, 0.3) is 10.2 Å². The summed E-state index contributed by atoms with van der Waals surface area (Å²) in [5.74, 6) is 1.73. The Balaban J connectivity index is 1.69. The molecular formula is C22H26N2O3S. The van der Waals surface area contributed by atoms with Gasteiger partial charge in [0.15, 0.2) is 11.5 Å². The summed E-state index contributed by atoms with van der Waals surface area (Å²) in [6, 6.07) is 13.3. The summed E-state index contributed by atoms with van der Waals surface area (Å²) in [4.78, 5) is 19.1. The number of hydrogen-bond donors (Lipinski definition) is 0. The second-order valence-corrected chi connectivity index (χ2v) is 8.25. The average molecular weight is 399 g/mol. The topological polar surface area (TPSA) is 51.7 Å². The maximum absolute atomic E-state index is 12.9. The van der Waals surface area contributed by atoms with Crippen molar-refractivity contribution in [3.63, 3.8) is 0 Å². The Bertz CT molecular complexity index is 919. The fourth-order valence-corrected chi connectivity index (χ4v) is 3.83. The van der Waals surface area contributed by atoms with E-state index >= 15 is 0 Å². The normalized spacial score (nSPS) is 11.0. The highest BCUT2D eigenvalue weighted by Crippen LogP contribution is 2.29. The van der Waals surface area contributed by atoms with Gasteiger partial charge in [-0.15, -0.1) is 11.3 Å². The first-order chi connectivity index (χ1) is 13.5. The Morgan fingerprint density at radius 3 is 2.68 bits per heavy atom. The molecule has 1 amide bonds. The van der Waals surface area contributed by atoms with E-state index in [1.165, 1.54) is 0 Å². The number of thiazole rings is 1. The van der Waals surface area contributed by atoms with Gasteiger partial charge in [-0.25, -0.2) is 4.98 Å². The maximum Gasteiger partial charge on any atom is 0.254 e. The third kappa shape index (κ3) is 4.81. The summed E-state index contributed by atoms with van der Waals surface area (Å²) < 4.78 is 12.4. The van der Waals surface area contributed by atoms with Crippen molar-refractivity contribution < 1.29 is 14.3 Å². The zero-order chi connectivity index (χ0) is 20.1. The van der Waals surface area contributed by atoms with Crippen LogP contribution in [0.4, 0.5) is 0 Å². The molecule has 0 N–H and O–H groups in total. The van der Waals surface area contributed by atoms with Gasteiger partial charge in [0.1, 0.15) is 5.01 Å². The molecule has 0 unspecified atom stereocenters. The molecule has 6 heteroatoms. The number of aromatic nitrogens is 1. The molecule has 0 aliphatic carbocycles. The average Bonchev–Trinajstić information content (AvgIpc) is 3.09. The van der Waals surface area contributed by atoms with Crippen molar-refractivity contribution in [3.8, 4) is 11.5 Å². The van der Waals surface area contributed by atoms with Gasteiger partial charge < -0.3 is 14.4 Å². The van der Waals surface area contributed by atoms with Gasteiger partial charge in [-0.2, -0.15) is 0 Å². The van der Waals surface area contributed by atoms with Gasteiger partial charge in [0.2, 0.25) is 0 Å². The molecule has 3 aromatic rings. The monoisotopic (exact) mass is 398 g/mol. The number of fused-ring (bicyclic) bond motifs is 1. The van der Waals surface area contributed by atoms with Gasteiger partial charge in [0.25, 0.3) is 5.91 Å². The van der Waals surface area contributed by atoms with Crippen molar-refractivity contribution in [2.45, 2.75) is 26.8 Å². The summed E-state index contributed by atoms with van der Waals surface area (Å²) in [6.07, 6.45) is 0.967. The van der Waals surface area contributed by atoms with Gasteiger partial charge in [-0.1, -0.05) is 26.0 Å². The van der Waals surface area contributed by atoms with Gasteiger partial charge in [0.05, 0.1) is 30.5 Å². The van der Waals surface area contributed by atoms with E-state index in [4.69, 9.17) is 9.47 Å². The Labute approximate surface area is 169 Å². The van der Waals surface area contributed by atoms with Crippen molar-refractivity contribution in [1.29, 1.82) is 0 Å². The van der Waals surface area contributed by atoms with Crippen LogP contribution in [0.15, 0.2) is 42.5 Å². The van der Waals surface area contributed by atoms with Gasteiger partial charge in [-0.05, 0) is 42.7 Å². The van der Waals surface area contributed by atoms with E-state index in [0.29, 0.717) is 36.1 Å². The van der Waals surface area contributed by atoms with E-state index in [-0.39, 0.29) is 5.91 Å². The Morgan fingerprint density at radius 2 is 1.96 bits per heavy atom. The summed E-state index contributed by atoms with van der Waals surface area (Å²) in [6.45, 7) is 5.40. The molecule has 2 aromatic carbocycles. The van der Waals surface area contributed by atoms with Crippen molar-refractivity contribution in [2.24, 2.45) is 5.92 Å². The molecule has 0 fully saturated rings. The number of amides is 1. The molecule has 0 aliphatic rings. The summed E-state index contributed by atoms with van der Waals surface area (Å²) in [7, 11) is 3.37. The second kappa shape index (κ2) is 9.06. The number of benzene rings is 2. The lowest BCUT2D eigenvalue weighted by atomic mass is 10.1. The molecule has 0 aliphatic heterocycles. The first-order valence-corrected chi connectivity index (χ1v) is 10.2. The first kappa shape index (κ1) is 20.1. The number of ether oxygens (including phenoxy) is 2. The fraction of sp³-hybridized carbons (Fsp3) is 0.364. The SMILES string of the molecule is COc1cc(C(=O)N(C)Cc2nc3ccccc3s2)ccc1OCCC(C)C. The zero-order valence-electron chi connectivity index (χ0n) is 16.8. The van der Waals surface area contributed by atoms with E-state index in [0.717, 1.165) is 21.6 Å². The highest BCUT2D eigenvalue weighted by atomic mass is 32.1. The predicted octanol–water partition coefficient (Wildman–Crippen LogP) is 5.00. The van der Waals surface area contributed by atoms with E-state index in [1.54, 1.807) is 48.6 Å². The largest absolute Gasteiger partial charge is 0.493 e. The minimum atomic E-state index is -0.0775. The lowest BCUT2D eigenvalue weighted by molar-refractivity contribution is 0.0784. The summed E-state index contributed by atoms with van der Waals surface area (Å²) in [5, 5.41) is 0.914. The van der Waals surface area contributed by atoms with Crippen molar-refractivity contribution >= 4 is 27.5 Å². The molecule has 0 saturated heterocycles. The van der Waals surface area contributed by atoms with Crippen molar-refractivity contribution in [1.82, 2.24) is 9.88 Å². The third-order valence-corrected chi connectivity index (χ3v) is 5.44. The number of methoxy groups -OCH3 is 1. The number of hydrogen-bond acceptors (Lipinski definition) is 5. The minimum Gasteiger partial charge on any atom is -0.493 e. The lowest BCUT2D eigenvalue weighted by Crippen LogP contribution is -2.26. The molecule has 148 valence electrons. The number of nitrogens with zero attached hydrogens (tertiary/aromatic N) is 2. The lowest BCUT2D eigenvalue weighted by Gasteiger charge is -2.17. The Morgan fingerprint density at radius 1 is 1.18 bits per heavy atom. The van der Waals surface area contributed by atoms with Crippen LogP contribution in [0.1, 0.15) is 35.6 Å². The highest BCUT2D eigenvalue weighted by Gasteiger charge is 2.17. The molecule has 0 radical (unpaired) electrons. The molecule has 1 aromatic heterocycles. The smallest absolute Gasteiger partial charge is 0.254 e. The zero-order valence-corrected chi connectivity index (χ0v) is 17.6. The van der Waals surface area contributed by atoms with Crippen LogP contribution in [0, 0.1) is 5.92 Å². The maximum atomic E-state index is 12.9. The van der Waals surface area contributed by atoms with Crippen LogP contribution >= 0.6 is 11.3 Å². The predicted molar refractivity (Wildman–Crippen MR) is 113 cm³/mol. The quantitative estimate of drug-likeness (QED) is 0.536. The van der Waals surface area contributed by atoms with Gasteiger partial charge in [0, 0.05) is 12.6 Å². The van der Waals surface area contributed by atoms with Crippen LogP contribution < -0.4 is 9.47 Å². The molecule has 3 rings (SSSR count). The second-order valence-electron chi connectivity index (χ2n) is 7.13. The Hall–Kier alpha value is -2.60. The first-order valence-electron chi connectivity index (χ1n) is 9.38. The summed E-state index contributed by atoms with van der Waals surface area (Å²) >= 11 is 1.61. The molecule has 0 spiro atoms. The molecule has 28 heavy (non-hydrogen) atoms. The van der Waals surface area contributed by atoms with E-state index in [1.807, 2.05) is 24.3 Å². The third-order valence-electron chi connectivity index (χ3n) is 4.42. The molecule has 0 bridgehead atoms. The highest BCUT2D eigenvalue weighted by molar-refractivity contribution is 7.18. The van der Waals surface area contributed by atoms with Gasteiger partial charge in [-0.3, -0.25) is 4.79 Å². The van der Waals surface area contributed by atoms with Crippen molar-refractivity contribution in [2.75, 3.05) is 20.8 Å². The van der Waals surface area contributed by atoms with E-state index < -0.39 is 0 Å². The van der Waals surface area contributed by atoms with Crippen molar-refractivity contribution in [3.05, 3.63) is 53.0 Å². The number of carbonyl (C=O) groups is 1. The standard InChI is InChI=1S/C22H26N2O3S/c1-15(2)11-12-27-18-10-9-16(13-19(18)26-4)22(25)24(3)14-21-23-17-7-5-6-8-20(17)28-21/h5-10,13,15H,11-12,14H2,1-4H3. The molecule has 0 saturated carbocycles. The van der Waals surface area contributed by atoms with E-state index in [2.05, 4.69) is 18.8 Å². The summed E-state index contributed by atoms with van der Waals surface area (Å²) in [5.41, 5.74) is 1.53. The van der Waals surface area contributed by atoms with Crippen LogP contribution in [0.2, 0.25) is 0 Å². The minimum absolute atomic E-state index is 0.0775. The van der Waals surface area contributed by atoms with Crippen LogP contribution in [0.3, 0.4) is 0 Å². The molecular weight excluding hydrogens is 372 g/mol. The fourth-order valence-electron chi connectivity index (χ4n) is 2.81. The number of para-hydroxylation sites is 1. The molecule has 5 nitrogen and oxygen atoms in total. The Kier molecular flexibility index (Phi) is 6.52. The van der Waals surface area contributed by atoms with E-state index in [9.17, 15) is 4.79 Å². The number of rotatable bonds is 8. The van der Waals surface area contributed by atoms with Crippen LogP contribution in [-0.2, 0) is 6.54 Å². The van der Waals surface area contributed by atoms with Crippen LogP contribution in [-0.4, -0.2) is 36.6 Å². The molecule has 0 atom stereocenters.